The monoisotopic (exact) mass is 294 g/mol. The predicted octanol–water partition coefficient (Wildman–Crippen LogP) is 1.28. The van der Waals surface area contributed by atoms with Gasteiger partial charge >= 0.3 is 0 Å². The summed E-state index contributed by atoms with van der Waals surface area (Å²) >= 11 is 0. The van der Waals surface area contributed by atoms with Crippen molar-refractivity contribution in [3.05, 3.63) is 27.9 Å². The second-order valence-electron chi connectivity index (χ2n) is 5.42. The zero-order valence-corrected chi connectivity index (χ0v) is 12.3. The van der Waals surface area contributed by atoms with Crippen molar-refractivity contribution in [2.45, 2.75) is 19.4 Å². The normalized spacial score (nSPS) is 17.4. The van der Waals surface area contributed by atoms with Crippen molar-refractivity contribution in [3.63, 3.8) is 0 Å². The maximum Gasteiger partial charge on any atom is 0.300 e. The highest BCUT2D eigenvalue weighted by atomic mass is 16.6. The second kappa shape index (κ2) is 5.65. The highest BCUT2D eigenvalue weighted by Crippen LogP contribution is 2.27. The van der Waals surface area contributed by atoms with Crippen LogP contribution < -0.4 is 5.32 Å². The average molecular weight is 294 g/mol. The lowest BCUT2D eigenvalue weighted by Crippen LogP contribution is -2.55. The van der Waals surface area contributed by atoms with Gasteiger partial charge in [-0.25, -0.2) is 4.98 Å². The number of amides is 1. The number of aromatic nitrogens is 1. The molecular formula is C13H18N4O4. The number of anilines is 1. The number of nitrogens with one attached hydrogen (secondary N) is 1. The van der Waals surface area contributed by atoms with Crippen LogP contribution in [0.2, 0.25) is 0 Å². The number of nitro groups is 1. The minimum atomic E-state index is -0.590. The van der Waals surface area contributed by atoms with E-state index in [2.05, 4.69) is 10.3 Å². The molecule has 1 aliphatic rings. The Balaban J connectivity index is 2.44. The smallest absolute Gasteiger partial charge is 0.300 e. The molecule has 0 saturated carbocycles. The summed E-state index contributed by atoms with van der Waals surface area (Å²) in [7, 11) is 1.64. The molecule has 0 atom stereocenters. The Morgan fingerprint density at radius 3 is 2.86 bits per heavy atom. The van der Waals surface area contributed by atoms with E-state index in [-0.39, 0.29) is 17.2 Å². The molecule has 1 aromatic heterocycles. The van der Waals surface area contributed by atoms with Crippen LogP contribution in [0, 0.1) is 10.1 Å². The average Bonchev–Trinajstić information content (AvgIpc) is 2.45. The SMILES string of the molecule is CNc1cc(C(=O)N2CCOCC2(C)C)c([N+](=O)[O-])cn1. The third-order valence-corrected chi connectivity index (χ3v) is 3.46. The van der Waals surface area contributed by atoms with Crippen molar-refractivity contribution in [1.82, 2.24) is 9.88 Å². The molecule has 1 aromatic rings. The molecule has 114 valence electrons. The molecule has 8 heteroatoms. The third kappa shape index (κ3) is 2.94. The first kappa shape index (κ1) is 15.2. The Morgan fingerprint density at radius 1 is 1.57 bits per heavy atom. The molecule has 0 unspecified atom stereocenters. The number of hydrogen-bond acceptors (Lipinski definition) is 6. The van der Waals surface area contributed by atoms with Crippen LogP contribution in [0.25, 0.3) is 0 Å². The molecule has 0 aliphatic carbocycles. The summed E-state index contributed by atoms with van der Waals surface area (Å²) in [5, 5.41) is 13.9. The molecule has 0 radical (unpaired) electrons. The lowest BCUT2D eigenvalue weighted by atomic mass is 10.0. The van der Waals surface area contributed by atoms with Gasteiger partial charge in [-0.15, -0.1) is 0 Å². The van der Waals surface area contributed by atoms with Gasteiger partial charge in [-0.3, -0.25) is 14.9 Å². The van der Waals surface area contributed by atoms with Crippen LogP contribution in [0.1, 0.15) is 24.2 Å². The third-order valence-electron chi connectivity index (χ3n) is 3.46. The van der Waals surface area contributed by atoms with Gasteiger partial charge in [-0.2, -0.15) is 0 Å². The van der Waals surface area contributed by atoms with Gasteiger partial charge in [0, 0.05) is 19.7 Å². The molecule has 0 spiro atoms. The van der Waals surface area contributed by atoms with Crippen LogP contribution in [0.4, 0.5) is 11.5 Å². The molecule has 8 nitrogen and oxygen atoms in total. The van der Waals surface area contributed by atoms with E-state index in [1.807, 2.05) is 13.8 Å². The zero-order valence-electron chi connectivity index (χ0n) is 12.3. The summed E-state index contributed by atoms with van der Waals surface area (Å²) in [4.78, 5) is 28.8. The summed E-state index contributed by atoms with van der Waals surface area (Å²) in [5.41, 5.74) is -0.762. The zero-order chi connectivity index (χ0) is 15.6. The first-order valence-electron chi connectivity index (χ1n) is 6.59. The molecule has 21 heavy (non-hydrogen) atoms. The van der Waals surface area contributed by atoms with E-state index < -0.39 is 10.5 Å². The first-order valence-corrected chi connectivity index (χ1v) is 6.59. The number of ether oxygens (including phenoxy) is 1. The summed E-state index contributed by atoms with van der Waals surface area (Å²) < 4.78 is 5.37. The van der Waals surface area contributed by atoms with E-state index in [1.165, 1.54) is 6.07 Å². The van der Waals surface area contributed by atoms with E-state index >= 15 is 0 Å². The molecule has 2 rings (SSSR count). The number of rotatable bonds is 3. The number of morpholine rings is 1. The second-order valence-corrected chi connectivity index (χ2v) is 5.42. The highest BCUT2D eigenvalue weighted by molar-refractivity contribution is 5.99. The number of carbonyl (C=O) groups excluding carboxylic acids is 1. The maximum absolute atomic E-state index is 12.7. The lowest BCUT2D eigenvalue weighted by Gasteiger charge is -2.42. The minimum absolute atomic E-state index is 0.0364. The lowest BCUT2D eigenvalue weighted by molar-refractivity contribution is -0.385. The van der Waals surface area contributed by atoms with Crippen LogP contribution in [0.3, 0.4) is 0 Å². The van der Waals surface area contributed by atoms with Gasteiger partial charge in [0.05, 0.1) is 23.7 Å². The summed E-state index contributed by atoms with van der Waals surface area (Å²) in [6, 6.07) is 1.41. The van der Waals surface area contributed by atoms with Gasteiger partial charge in [-0.1, -0.05) is 0 Å². The Morgan fingerprint density at radius 2 is 2.29 bits per heavy atom. The molecule has 1 aliphatic heterocycles. The predicted molar refractivity (Wildman–Crippen MR) is 76.4 cm³/mol. The van der Waals surface area contributed by atoms with Crippen LogP contribution in [0.15, 0.2) is 12.3 Å². The Hall–Kier alpha value is -2.22. The topological polar surface area (TPSA) is 97.6 Å². The molecule has 1 N–H and O–H groups in total. The van der Waals surface area contributed by atoms with Crippen molar-refractivity contribution < 1.29 is 14.5 Å². The van der Waals surface area contributed by atoms with Gasteiger partial charge in [-0.05, 0) is 13.8 Å². The highest BCUT2D eigenvalue weighted by Gasteiger charge is 2.37. The Labute approximate surface area is 122 Å². The van der Waals surface area contributed by atoms with Crippen LogP contribution in [-0.2, 0) is 4.74 Å². The van der Waals surface area contributed by atoms with Gasteiger partial charge in [0.25, 0.3) is 11.6 Å². The Kier molecular flexibility index (Phi) is 4.08. The molecule has 1 saturated heterocycles. The minimum Gasteiger partial charge on any atom is -0.377 e. The standard InChI is InChI=1S/C13H18N4O4/c1-13(2)8-21-5-4-16(13)12(18)9-6-11(14-3)15-7-10(9)17(19)20/h6-7H,4-5,8H2,1-3H3,(H,14,15). The van der Waals surface area contributed by atoms with Crippen LogP contribution in [0.5, 0.6) is 0 Å². The van der Waals surface area contributed by atoms with E-state index in [1.54, 1.807) is 11.9 Å². The molecule has 0 aromatic carbocycles. The van der Waals surface area contributed by atoms with Crippen molar-refractivity contribution in [1.29, 1.82) is 0 Å². The van der Waals surface area contributed by atoms with Gasteiger partial charge in [0.1, 0.15) is 17.6 Å². The van der Waals surface area contributed by atoms with E-state index in [0.717, 1.165) is 6.20 Å². The van der Waals surface area contributed by atoms with Crippen LogP contribution in [-0.4, -0.2) is 53.1 Å². The van der Waals surface area contributed by atoms with E-state index in [0.29, 0.717) is 25.6 Å². The van der Waals surface area contributed by atoms with E-state index in [9.17, 15) is 14.9 Å². The molecular weight excluding hydrogens is 276 g/mol. The first-order chi connectivity index (χ1) is 9.86. The van der Waals surface area contributed by atoms with Crippen LogP contribution >= 0.6 is 0 Å². The van der Waals surface area contributed by atoms with Crippen molar-refractivity contribution in [2.24, 2.45) is 0 Å². The molecule has 1 amide bonds. The van der Waals surface area contributed by atoms with Gasteiger partial charge < -0.3 is 15.0 Å². The largest absolute Gasteiger partial charge is 0.377 e. The fourth-order valence-electron chi connectivity index (χ4n) is 2.28. The van der Waals surface area contributed by atoms with Gasteiger partial charge in [0.15, 0.2) is 0 Å². The summed E-state index contributed by atoms with van der Waals surface area (Å²) in [6.45, 7) is 4.97. The van der Waals surface area contributed by atoms with E-state index in [4.69, 9.17) is 4.74 Å². The van der Waals surface area contributed by atoms with Crippen molar-refractivity contribution >= 4 is 17.4 Å². The van der Waals surface area contributed by atoms with Crippen molar-refractivity contribution in [3.8, 4) is 0 Å². The number of nitrogens with zero attached hydrogens (tertiary/aromatic N) is 3. The number of hydrogen-bond donors (Lipinski definition) is 1. The van der Waals surface area contributed by atoms with Gasteiger partial charge in [0.2, 0.25) is 0 Å². The molecule has 2 heterocycles. The molecule has 1 fully saturated rings. The Bertz CT molecular complexity index is 573. The fraction of sp³-hybridized carbons (Fsp3) is 0.538. The summed E-state index contributed by atoms with van der Waals surface area (Å²) in [6.07, 6.45) is 1.10. The number of carbonyl (C=O) groups is 1. The fourth-order valence-corrected chi connectivity index (χ4v) is 2.28. The number of pyridine rings is 1. The summed E-state index contributed by atoms with van der Waals surface area (Å²) in [5.74, 6) is 0.0314. The quantitative estimate of drug-likeness (QED) is 0.666. The van der Waals surface area contributed by atoms with Crippen molar-refractivity contribution in [2.75, 3.05) is 32.1 Å². The molecule has 0 bridgehead atoms. The maximum atomic E-state index is 12.7.